The van der Waals surface area contributed by atoms with Crippen molar-refractivity contribution in [2.24, 2.45) is 0 Å². The summed E-state index contributed by atoms with van der Waals surface area (Å²) in [7, 11) is 1.08. The van der Waals surface area contributed by atoms with Crippen LogP contribution in [-0.4, -0.2) is 17.0 Å². The molecule has 0 atom stereocenters. The molecule has 0 fully saturated rings. The van der Waals surface area contributed by atoms with Gasteiger partial charge >= 0.3 is 5.69 Å². The second-order valence-electron chi connectivity index (χ2n) is 2.44. The summed E-state index contributed by atoms with van der Waals surface area (Å²) >= 11 is 2.78. The molecule has 1 rings (SSSR count). The third kappa shape index (κ3) is 2.20. The molecule has 0 aliphatic carbocycles. The van der Waals surface area contributed by atoms with E-state index in [9.17, 15) is 18.9 Å². The second-order valence-corrected chi connectivity index (χ2v) is 3.19. The fraction of sp³-hybridized carbons (Fsp3) is 0.286. The number of methoxy groups -OCH3 is 1. The third-order valence-corrected chi connectivity index (χ3v) is 2.25. The summed E-state index contributed by atoms with van der Waals surface area (Å²) in [5.41, 5.74) is -1.21. The van der Waals surface area contributed by atoms with Crippen LogP contribution in [0.15, 0.2) is 10.8 Å². The van der Waals surface area contributed by atoms with E-state index >= 15 is 0 Å². The largest absolute Gasteiger partial charge is 0.490 e. The van der Waals surface area contributed by atoms with E-state index in [-0.39, 0.29) is 4.60 Å². The van der Waals surface area contributed by atoms with E-state index < -0.39 is 28.3 Å². The molecule has 0 radical (unpaired) electrons. The molecule has 0 aliphatic heterocycles. The van der Waals surface area contributed by atoms with Gasteiger partial charge in [0, 0.05) is 0 Å². The molecule has 0 aromatic carbocycles. The fourth-order valence-corrected chi connectivity index (χ4v) is 1.47. The number of rotatable bonds is 3. The van der Waals surface area contributed by atoms with Crippen LogP contribution in [0, 0.1) is 10.1 Å². The van der Waals surface area contributed by atoms with Crippen molar-refractivity contribution in [3.63, 3.8) is 0 Å². The SMILES string of the molecule is COc1c([N+](=O)[O-])cnc(Br)c1C(F)F. The van der Waals surface area contributed by atoms with Crippen LogP contribution >= 0.6 is 15.9 Å². The molecule has 0 spiro atoms. The predicted molar refractivity (Wildman–Crippen MR) is 50.1 cm³/mol. The van der Waals surface area contributed by atoms with Gasteiger partial charge in [-0.3, -0.25) is 10.1 Å². The van der Waals surface area contributed by atoms with Crippen LogP contribution in [0.5, 0.6) is 5.75 Å². The number of hydrogen-bond donors (Lipinski definition) is 0. The lowest BCUT2D eigenvalue weighted by Crippen LogP contribution is -2.01. The van der Waals surface area contributed by atoms with Gasteiger partial charge in [-0.2, -0.15) is 0 Å². The Labute approximate surface area is 91.3 Å². The number of halogens is 3. The summed E-state index contributed by atoms with van der Waals surface area (Å²) in [4.78, 5) is 13.1. The van der Waals surface area contributed by atoms with Crippen LogP contribution in [0.4, 0.5) is 14.5 Å². The number of alkyl halides is 2. The minimum absolute atomic E-state index is 0.167. The molecule has 8 heteroatoms. The Kier molecular flexibility index (Phi) is 3.51. The highest BCUT2D eigenvalue weighted by atomic mass is 79.9. The molecular formula is C7H5BrF2N2O3. The first kappa shape index (κ1) is 11.8. The molecule has 0 bridgehead atoms. The minimum atomic E-state index is -2.90. The Morgan fingerprint density at radius 1 is 1.67 bits per heavy atom. The lowest BCUT2D eigenvalue weighted by atomic mass is 10.2. The zero-order valence-electron chi connectivity index (χ0n) is 7.41. The minimum Gasteiger partial charge on any atom is -0.490 e. The van der Waals surface area contributed by atoms with Crippen molar-refractivity contribution in [3.05, 3.63) is 26.5 Å². The van der Waals surface area contributed by atoms with Crippen LogP contribution in [0.25, 0.3) is 0 Å². The van der Waals surface area contributed by atoms with E-state index in [0.29, 0.717) is 0 Å². The number of pyridine rings is 1. The van der Waals surface area contributed by atoms with Crippen LogP contribution in [0.1, 0.15) is 12.0 Å². The molecule has 15 heavy (non-hydrogen) atoms. The van der Waals surface area contributed by atoms with Gasteiger partial charge in [-0.25, -0.2) is 13.8 Å². The topological polar surface area (TPSA) is 65.3 Å². The summed E-state index contributed by atoms with van der Waals surface area (Å²) in [5.74, 6) is -0.475. The molecule has 82 valence electrons. The Bertz CT molecular complexity index is 400. The Morgan fingerprint density at radius 2 is 2.27 bits per heavy atom. The molecule has 0 aliphatic rings. The van der Waals surface area contributed by atoms with Gasteiger partial charge in [-0.1, -0.05) is 0 Å². The lowest BCUT2D eigenvalue weighted by Gasteiger charge is -2.08. The van der Waals surface area contributed by atoms with Crippen molar-refractivity contribution in [2.75, 3.05) is 7.11 Å². The zero-order valence-corrected chi connectivity index (χ0v) is 8.99. The van der Waals surface area contributed by atoms with Crippen molar-refractivity contribution in [1.29, 1.82) is 0 Å². The van der Waals surface area contributed by atoms with E-state index in [0.717, 1.165) is 13.3 Å². The van der Waals surface area contributed by atoms with E-state index in [4.69, 9.17) is 0 Å². The summed E-state index contributed by atoms with van der Waals surface area (Å²) in [5, 5.41) is 10.5. The average molecular weight is 283 g/mol. The molecule has 0 saturated heterocycles. The summed E-state index contributed by atoms with van der Waals surface area (Å²) in [6.07, 6.45) is -2.05. The first-order valence-electron chi connectivity index (χ1n) is 3.64. The van der Waals surface area contributed by atoms with Gasteiger partial charge in [-0.05, 0) is 15.9 Å². The molecule has 1 heterocycles. The van der Waals surface area contributed by atoms with E-state index in [2.05, 4.69) is 25.7 Å². The van der Waals surface area contributed by atoms with Crippen LogP contribution in [0.3, 0.4) is 0 Å². The molecule has 0 N–H and O–H groups in total. The maximum Gasteiger partial charge on any atom is 0.329 e. The smallest absolute Gasteiger partial charge is 0.329 e. The Balaban J connectivity index is 3.47. The maximum atomic E-state index is 12.5. The number of ether oxygens (including phenoxy) is 1. The van der Waals surface area contributed by atoms with Gasteiger partial charge in [0.05, 0.1) is 17.6 Å². The van der Waals surface area contributed by atoms with Gasteiger partial charge in [0.2, 0.25) is 5.75 Å². The van der Waals surface area contributed by atoms with Crippen molar-refractivity contribution < 1.29 is 18.4 Å². The van der Waals surface area contributed by atoms with E-state index in [1.807, 2.05) is 0 Å². The summed E-state index contributed by atoms with van der Waals surface area (Å²) in [6, 6.07) is 0. The number of nitro groups is 1. The highest BCUT2D eigenvalue weighted by Crippen LogP contribution is 2.39. The molecule has 5 nitrogen and oxygen atoms in total. The van der Waals surface area contributed by atoms with Crippen LogP contribution in [0.2, 0.25) is 0 Å². The Hall–Kier alpha value is -1.31. The molecule has 1 aromatic rings. The fourth-order valence-electron chi connectivity index (χ4n) is 1.01. The average Bonchev–Trinajstić information content (AvgIpc) is 2.15. The number of nitrogens with zero attached hydrogens (tertiary/aromatic N) is 2. The first-order chi connectivity index (χ1) is 6.99. The molecule has 0 unspecified atom stereocenters. The van der Waals surface area contributed by atoms with Gasteiger partial charge in [0.15, 0.2) is 0 Å². The zero-order chi connectivity index (χ0) is 11.6. The maximum absolute atomic E-state index is 12.5. The molecule has 1 aromatic heterocycles. The van der Waals surface area contributed by atoms with Gasteiger partial charge in [0.1, 0.15) is 10.8 Å². The highest BCUT2D eigenvalue weighted by Gasteiger charge is 2.27. The second kappa shape index (κ2) is 4.47. The van der Waals surface area contributed by atoms with Crippen LogP contribution < -0.4 is 4.74 Å². The number of aromatic nitrogens is 1. The highest BCUT2D eigenvalue weighted by molar-refractivity contribution is 9.10. The van der Waals surface area contributed by atoms with Crippen molar-refractivity contribution in [2.45, 2.75) is 6.43 Å². The predicted octanol–water partition coefficient (Wildman–Crippen LogP) is 2.70. The van der Waals surface area contributed by atoms with E-state index in [1.165, 1.54) is 0 Å². The first-order valence-corrected chi connectivity index (χ1v) is 4.43. The molecule has 0 amide bonds. The van der Waals surface area contributed by atoms with Crippen molar-refractivity contribution in [1.82, 2.24) is 4.98 Å². The van der Waals surface area contributed by atoms with E-state index in [1.54, 1.807) is 0 Å². The Morgan fingerprint density at radius 3 is 2.67 bits per heavy atom. The normalized spacial score (nSPS) is 10.5. The monoisotopic (exact) mass is 282 g/mol. The summed E-state index contributed by atoms with van der Waals surface area (Å²) < 4.78 is 29.5. The van der Waals surface area contributed by atoms with Gasteiger partial charge < -0.3 is 4.74 Å². The van der Waals surface area contributed by atoms with Gasteiger partial charge in [0.25, 0.3) is 6.43 Å². The van der Waals surface area contributed by atoms with Crippen molar-refractivity contribution >= 4 is 21.6 Å². The standard InChI is InChI=1S/C7H5BrF2N2O3/c1-15-5-3(12(13)14)2-11-6(8)4(5)7(9)10/h2,7H,1H3. The lowest BCUT2D eigenvalue weighted by molar-refractivity contribution is -0.386. The van der Waals surface area contributed by atoms with Crippen LogP contribution in [-0.2, 0) is 0 Å². The third-order valence-electron chi connectivity index (χ3n) is 1.62. The quantitative estimate of drug-likeness (QED) is 0.486. The molecular weight excluding hydrogens is 278 g/mol. The molecule has 0 saturated carbocycles. The number of hydrogen-bond acceptors (Lipinski definition) is 4. The van der Waals surface area contributed by atoms with Gasteiger partial charge in [-0.15, -0.1) is 0 Å². The summed E-state index contributed by atoms with van der Waals surface area (Å²) in [6.45, 7) is 0. The van der Waals surface area contributed by atoms with Crippen molar-refractivity contribution in [3.8, 4) is 5.75 Å².